The Morgan fingerprint density at radius 2 is 1.44 bits per heavy atom. The Balaban J connectivity index is 2.07. The van der Waals surface area contributed by atoms with Gasteiger partial charge in [0.15, 0.2) is 0 Å². The molecule has 0 radical (unpaired) electrons. The van der Waals surface area contributed by atoms with E-state index in [0.29, 0.717) is 0 Å². The standard InChI is InChI=1S/C16H27N2/c1-16(2,3)14-6-8-15(9-7-14)17-10-12-18(4,5)13-11-17/h6-9H,10-13H2,1-5H3/q+1. The van der Waals surface area contributed by atoms with Crippen molar-refractivity contribution in [3.63, 3.8) is 0 Å². The normalized spacial score (nSPS) is 19.9. The van der Waals surface area contributed by atoms with Gasteiger partial charge in [0, 0.05) is 5.69 Å². The van der Waals surface area contributed by atoms with Crippen LogP contribution in [-0.2, 0) is 5.41 Å². The van der Waals surface area contributed by atoms with Gasteiger partial charge in [0.2, 0.25) is 0 Å². The highest BCUT2D eigenvalue weighted by Crippen LogP contribution is 2.25. The molecule has 0 spiro atoms. The average molecular weight is 247 g/mol. The van der Waals surface area contributed by atoms with E-state index in [9.17, 15) is 0 Å². The molecular weight excluding hydrogens is 220 g/mol. The van der Waals surface area contributed by atoms with E-state index in [1.165, 1.54) is 37.4 Å². The molecule has 1 aromatic carbocycles. The monoisotopic (exact) mass is 247 g/mol. The van der Waals surface area contributed by atoms with Crippen LogP contribution in [0.2, 0.25) is 0 Å². The van der Waals surface area contributed by atoms with Crippen molar-refractivity contribution in [2.24, 2.45) is 0 Å². The number of nitrogens with zero attached hydrogens (tertiary/aromatic N) is 2. The van der Waals surface area contributed by atoms with Crippen LogP contribution in [-0.4, -0.2) is 44.8 Å². The molecule has 0 aromatic heterocycles. The van der Waals surface area contributed by atoms with Gasteiger partial charge in [0.05, 0.1) is 40.3 Å². The first-order chi connectivity index (χ1) is 8.28. The van der Waals surface area contributed by atoms with Gasteiger partial charge >= 0.3 is 0 Å². The summed E-state index contributed by atoms with van der Waals surface area (Å²) in [4.78, 5) is 2.51. The quantitative estimate of drug-likeness (QED) is 0.690. The van der Waals surface area contributed by atoms with Crippen LogP contribution in [0.15, 0.2) is 24.3 Å². The first-order valence-corrected chi connectivity index (χ1v) is 6.95. The smallest absolute Gasteiger partial charge is 0.0961 e. The summed E-state index contributed by atoms with van der Waals surface area (Å²) in [6, 6.07) is 9.13. The second-order valence-electron chi connectivity index (χ2n) is 7.17. The predicted molar refractivity (Wildman–Crippen MR) is 79.2 cm³/mol. The lowest BCUT2D eigenvalue weighted by atomic mass is 9.87. The van der Waals surface area contributed by atoms with Crippen LogP contribution in [0, 0.1) is 0 Å². The fraction of sp³-hybridized carbons (Fsp3) is 0.625. The summed E-state index contributed by atoms with van der Waals surface area (Å²) in [6.07, 6.45) is 0. The molecule has 100 valence electrons. The second-order valence-corrected chi connectivity index (χ2v) is 7.17. The summed E-state index contributed by atoms with van der Waals surface area (Å²) in [5.41, 5.74) is 3.04. The Morgan fingerprint density at radius 1 is 0.944 bits per heavy atom. The van der Waals surface area contributed by atoms with Gasteiger partial charge in [-0.3, -0.25) is 0 Å². The molecule has 0 aliphatic carbocycles. The van der Waals surface area contributed by atoms with Crippen LogP contribution in [0.1, 0.15) is 26.3 Å². The van der Waals surface area contributed by atoms with Gasteiger partial charge in [-0.25, -0.2) is 0 Å². The molecule has 1 heterocycles. The minimum absolute atomic E-state index is 0.249. The van der Waals surface area contributed by atoms with Gasteiger partial charge in [-0.2, -0.15) is 0 Å². The Labute approximate surface area is 112 Å². The van der Waals surface area contributed by atoms with E-state index in [1.54, 1.807) is 0 Å². The number of piperazine rings is 1. The first-order valence-electron chi connectivity index (χ1n) is 6.95. The summed E-state index contributed by atoms with van der Waals surface area (Å²) in [5.74, 6) is 0. The Morgan fingerprint density at radius 3 is 1.89 bits per heavy atom. The molecular formula is C16H27N2+. The Bertz CT molecular complexity index is 388. The van der Waals surface area contributed by atoms with Crippen LogP contribution in [0.3, 0.4) is 0 Å². The maximum absolute atomic E-state index is 2.51. The number of hydrogen-bond donors (Lipinski definition) is 0. The molecule has 18 heavy (non-hydrogen) atoms. The summed E-state index contributed by atoms with van der Waals surface area (Å²) >= 11 is 0. The largest absolute Gasteiger partial charge is 0.360 e. The molecule has 1 saturated heterocycles. The fourth-order valence-electron chi connectivity index (χ4n) is 2.44. The zero-order valence-electron chi connectivity index (χ0n) is 12.5. The van der Waals surface area contributed by atoms with Gasteiger partial charge in [0.25, 0.3) is 0 Å². The summed E-state index contributed by atoms with van der Waals surface area (Å²) < 4.78 is 1.15. The molecule has 2 heteroatoms. The van der Waals surface area contributed by atoms with Gasteiger partial charge < -0.3 is 9.38 Å². The molecule has 1 aliphatic heterocycles. The van der Waals surface area contributed by atoms with E-state index in [0.717, 1.165) is 4.48 Å². The van der Waals surface area contributed by atoms with Crippen LogP contribution >= 0.6 is 0 Å². The SMILES string of the molecule is CC(C)(C)c1ccc(N2CC[N+](C)(C)CC2)cc1. The molecule has 0 N–H and O–H groups in total. The summed E-state index contributed by atoms with van der Waals surface area (Å²) in [6.45, 7) is 11.6. The fourth-order valence-corrected chi connectivity index (χ4v) is 2.44. The van der Waals surface area contributed by atoms with E-state index in [2.05, 4.69) is 64.0 Å². The third-order valence-electron chi connectivity index (χ3n) is 4.05. The molecule has 0 atom stereocenters. The average Bonchev–Trinajstić information content (AvgIpc) is 2.28. The summed E-state index contributed by atoms with van der Waals surface area (Å²) in [7, 11) is 4.64. The van der Waals surface area contributed by atoms with Crippen molar-refractivity contribution in [1.29, 1.82) is 0 Å². The van der Waals surface area contributed by atoms with Crippen molar-refractivity contribution >= 4 is 5.69 Å². The highest BCUT2D eigenvalue weighted by atomic mass is 15.4. The van der Waals surface area contributed by atoms with Crippen LogP contribution in [0.4, 0.5) is 5.69 Å². The van der Waals surface area contributed by atoms with Crippen molar-refractivity contribution in [2.75, 3.05) is 45.2 Å². The topological polar surface area (TPSA) is 3.24 Å². The van der Waals surface area contributed by atoms with E-state index >= 15 is 0 Å². The van der Waals surface area contributed by atoms with Gasteiger partial charge in [0.1, 0.15) is 0 Å². The van der Waals surface area contributed by atoms with Crippen LogP contribution in [0.5, 0.6) is 0 Å². The molecule has 0 unspecified atom stereocenters. The van der Waals surface area contributed by atoms with E-state index in [4.69, 9.17) is 0 Å². The van der Waals surface area contributed by atoms with Crippen molar-refractivity contribution in [2.45, 2.75) is 26.2 Å². The minimum atomic E-state index is 0.249. The van der Waals surface area contributed by atoms with Crippen LogP contribution in [0.25, 0.3) is 0 Å². The molecule has 1 aromatic rings. The number of benzene rings is 1. The number of hydrogen-bond acceptors (Lipinski definition) is 1. The number of likely N-dealkylation sites (N-methyl/N-ethyl adjacent to an activating group) is 1. The van der Waals surface area contributed by atoms with Crippen molar-refractivity contribution < 1.29 is 4.48 Å². The highest BCUT2D eigenvalue weighted by Gasteiger charge is 2.24. The zero-order valence-corrected chi connectivity index (χ0v) is 12.5. The van der Waals surface area contributed by atoms with Gasteiger partial charge in [-0.1, -0.05) is 32.9 Å². The summed E-state index contributed by atoms with van der Waals surface area (Å²) in [5, 5.41) is 0. The van der Waals surface area contributed by atoms with Gasteiger partial charge in [-0.15, -0.1) is 0 Å². The third-order valence-corrected chi connectivity index (χ3v) is 4.05. The molecule has 0 bridgehead atoms. The molecule has 0 amide bonds. The predicted octanol–water partition coefficient (Wildman–Crippen LogP) is 2.88. The number of rotatable bonds is 1. The second kappa shape index (κ2) is 4.58. The van der Waals surface area contributed by atoms with Gasteiger partial charge in [-0.05, 0) is 23.1 Å². The van der Waals surface area contributed by atoms with Crippen molar-refractivity contribution in [1.82, 2.24) is 0 Å². The Hall–Kier alpha value is -1.02. The number of quaternary nitrogens is 1. The maximum Gasteiger partial charge on any atom is 0.0961 e. The lowest BCUT2D eigenvalue weighted by molar-refractivity contribution is -0.890. The molecule has 2 nitrogen and oxygen atoms in total. The molecule has 1 aliphatic rings. The van der Waals surface area contributed by atoms with E-state index in [-0.39, 0.29) is 5.41 Å². The van der Waals surface area contributed by atoms with Crippen LogP contribution < -0.4 is 4.90 Å². The third kappa shape index (κ3) is 3.05. The minimum Gasteiger partial charge on any atom is -0.360 e. The maximum atomic E-state index is 2.51. The van der Waals surface area contributed by atoms with E-state index in [1.807, 2.05) is 0 Å². The lowest BCUT2D eigenvalue weighted by Crippen LogP contribution is -2.54. The molecule has 2 rings (SSSR count). The Kier molecular flexibility index (Phi) is 3.41. The first kappa shape index (κ1) is 13.4. The number of anilines is 1. The van der Waals surface area contributed by atoms with Crippen molar-refractivity contribution in [3.8, 4) is 0 Å². The zero-order chi connectivity index (χ0) is 13.4. The van der Waals surface area contributed by atoms with E-state index < -0.39 is 0 Å². The lowest BCUT2D eigenvalue weighted by Gasteiger charge is -2.40. The molecule has 0 saturated carbocycles. The van der Waals surface area contributed by atoms with Crippen molar-refractivity contribution in [3.05, 3.63) is 29.8 Å². The highest BCUT2D eigenvalue weighted by molar-refractivity contribution is 5.48. The molecule has 1 fully saturated rings.